The van der Waals surface area contributed by atoms with E-state index in [-0.39, 0.29) is 10.8 Å². The van der Waals surface area contributed by atoms with E-state index >= 15 is 0 Å². The largest absolute Gasteiger partial charge is 0.0728 e. The van der Waals surface area contributed by atoms with Gasteiger partial charge in [0.15, 0.2) is 0 Å². The fraction of sp³-hybridized carbons (Fsp3) is 0.529. The molecule has 0 fully saturated rings. The van der Waals surface area contributed by atoms with Crippen LogP contribution in [0.15, 0.2) is 12.1 Å². The molecule has 0 atom stereocenters. The predicted molar refractivity (Wildman–Crippen MR) is 76.6 cm³/mol. The SMILES string of the molecule is CC(C)(C)c1ccc2c(c1C(C)(C)C)=CCC=2. The zero-order valence-corrected chi connectivity index (χ0v) is 12.0. The molecule has 0 saturated heterocycles. The lowest BCUT2D eigenvalue weighted by atomic mass is 9.74. The van der Waals surface area contributed by atoms with Crippen LogP contribution in [-0.4, -0.2) is 0 Å². The molecular formula is C17H24. The highest BCUT2D eigenvalue weighted by molar-refractivity contribution is 5.53. The number of hydrogen-bond acceptors (Lipinski definition) is 0. The molecule has 0 heteroatoms. The Kier molecular flexibility index (Phi) is 2.72. The number of rotatable bonds is 0. The van der Waals surface area contributed by atoms with Crippen molar-refractivity contribution in [3.8, 4) is 0 Å². The lowest BCUT2D eigenvalue weighted by Gasteiger charge is -2.30. The van der Waals surface area contributed by atoms with Crippen molar-refractivity contribution in [1.29, 1.82) is 0 Å². The van der Waals surface area contributed by atoms with Gasteiger partial charge in [-0.15, -0.1) is 0 Å². The Morgan fingerprint density at radius 2 is 1.47 bits per heavy atom. The molecule has 92 valence electrons. The molecule has 0 aromatic heterocycles. The average Bonchev–Trinajstić information content (AvgIpc) is 2.59. The van der Waals surface area contributed by atoms with Crippen LogP contribution in [0.1, 0.15) is 59.1 Å². The summed E-state index contributed by atoms with van der Waals surface area (Å²) in [6.07, 6.45) is 5.80. The van der Waals surface area contributed by atoms with Crippen LogP contribution in [0.2, 0.25) is 0 Å². The van der Waals surface area contributed by atoms with Crippen molar-refractivity contribution in [3.05, 3.63) is 33.7 Å². The Morgan fingerprint density at radius 3 is 2.00 bits per heavy atom. The second-order valence-corrected chi connectivity index (χ2v) is 7.13. The lowest BCUT2D eigenvalue weighted by molar-refractivity contribution is 0.526. The van der Waals surface area contributed by atoms with Gasteiger partial charge in [0, 0.05) is 0 Å². The lowest BCUT2D eigenvalue weighted by Crippen LogP contribution is -2.36. The van der Waals surface area contributed by atoms with E-state index in [1.54, 1.807) is 0 Å². The predicted octanol–water partition coefficient (Wildman–Crippen LogP) is 3.25. The summed E-state index contributed by atoms with van der Waals surface area (Å²) in [4.78, 5) is 0. The molecule has 2 rings (SSSR count). The summed E-state index contributed by atoms with van der Waals surface area (Å²) in [6.45, 7) is 13.9. The topological polar surface area (TPSA) is 0 Å². The van der Waals surface area contributed by atoms with Crippen molar-refractivity contribution in [1.82, 2.24) is 0 Å². The Bertz CT molecular complexity index is 545. The van der Waals surface area contributed by atoms with Gasteiger partial charge in [0.25, 0.3) is 0 Å². The maximum Gasteiger partial charge on any atom is -0.0123 e. The van der Waals surface area contributed by atoms with E-state index in [0.29, 0.717) is 0 Å². The van der Waals surface area contributed by atoms with Gasteiger partial charge in [-0.2, -0.15) is 0 Å². The maximum absolute atomic E-state index is 2.38. The van der Waals surface area contributed by atoms with Gasteiger partial charge in [0.1, 0.15) is 0 Å². The molecule has 0 radical (unpaired) electrons. The van der Waals surface area contributed by atoms with Crippen molar-refractivity contribution in [2.45, 2.75) is 58.8 Å². The highest BCUT2D eigenvalue weighted by Gasteiger charge is 2.26. The zero-order chi connectivity index (χ0) is 12.8. The van der Waals surface area contributed by atoms with Gasteiger partial charge in [-0.3, -0.25) is 0 Å². The molecule has 0 unspecified atom stereocenters. The first-order chi connectivity index (χ1) is 7.71. The van der Waals surface area contributed by atoms with Crippen LogP contribution in [0.4, 0.5) is 0 Å². The summed E-state index contributed by atoms with van der Waals surface area (Å²) in [5.41, 5.74) is 3.46. The van der Waals surface area contributed by atoms with Crippen LogP contribution in [0.3, 0.4) is 0 Å². The summed E-state index contributed by atoms with van der Waals surface area (Å²) in [5, 5.41) is 2.90. The van der Waals surface area contributed by atoms with Crippen molar-refractivity contribution in [2.75, 3.05) is 0 Å². The Morgan fingerprint density at radius 1 is 0.824 bits per heavy atom. The van der Waals surface area contributed by atoms with Crippen molar-refractivity contribution < 1.29 is 0 Å². The van der Waals surface area contributed by atoms with E-state index in [9.17, 15) is 0 Å². The second-order valence-electron chi connectivity index (χ2n) is 7.13. The third kappa shape index (κ3) is 2.18. The fourth-order valence-corrected chi connectivity index (χ4v) is 2.77. The minimum atomic E-state index is 0.211. The molecule has 0 saturated carbocycles. The smallest absolute Gasteiger partial charge is 0.0123 e. The molecule has 1 aromatic rings. The summed E-state index contributed by atoms with van der Waals surface area (Å²) in [7, 11) is 0. The summed E-state index contributed by atoms with van der Waals surface area (Å²) in [6, 6.07) is 4.61. The van der Waals surface area contributed by atoms with Gasteiger partial charge >= 0.3 is 0 Å². The first kappa shape index (κ1) is 12.4. The van der Waals surface area contributed by atoms with E-state index in [0.717, 1.165) is 6.42 Å². The number of benzene rings is 1. The Labute approximate surface area is 105 Å². The van der Waals surface area contributed by atoms with Gasteiger partial charge in [0.2, 0.25) is 0 Å². The van der Waals surface area contributed by atoms with Gasteiger partial charge in [-0.1, -0.05) is 65.8 Å². The van der Waals surface area contributed by atoms with Gasteiger partial charge < -0.3 is 0 Å². The summed E-state index contributed by atoms with van der Waals surface area (Å²) >= 11 is 0. The molecule has 1 aliphatic rings. The van der Waals surface area contributed by atoms with E-state index in [2.05, 4.69) is 65.8 Å². The second kappa shape index (κ2) is 3.73. The van der Waals surface area contributed by atoms with Crippen molar-refractivity contribution in [3.63, 3.8) is 0 Å². The standard InChI is InChI=1S/C17H24/c1-16(2,3)14-11-10-12-8-7-9-13(12)15(14)17(4,5)6/h8-11H,7H2,1-6H3. The monoisotopic (exact) mass is 228 g/mol. The maximum atomic E-state index is 2.38. The van der Waals surface area contributed by atoms with Gasteiger partial charge in [-0.25, -0.2) is 0 Å². The molecule has 0 amide bonds. The molecular weight excluding hydrogens is 204 g/mol. The van der Waals surface area contributed by atoms with E-state index < -0.39 is 0 Å². The molecule has 1 aromatic carbocycles. The quantitative estimate of drug-likeness (QED) is 0.639. The molecule has 0 aliphatic heterocycles. The minimum absolute atomic E-state index is 0.211. The minimum Gasteiger partial charge on any atom is -0.0728 e. The van der Waals surface area contributed by atoms with Crippen LogP contribution < -0.4 is 10.4 Å². The van der Waals surface area contributed by atoms with Crippen molar-refractivity contribution >= 4 is 12.2 Å². The van der Waals surface area contributed by atoms with E-state index in [1.807, 2.05) is 0 Å². The highest BCUT2D eigenvalue weighted by Crippen LogP contribution is 2.31. The molecule has 0 heterocycles. The Hall–Kier alpha value is -1.04. The molecule has 0 N–H and O–H groups in total. The normalized spacial score (nSPS) is 15.2. The summed E-state index contributed by atoms with van der Waals surface area (Å²) in [5.74, 6) is 0. The molecule has 0 spiro atoms. The number of hydrogen-bond donors (Lipinski definition) is 0. The number of fused-ring (bicyclic) bond motifs is 1. The molecule has 1 aliphatic carbocycles. The third-order valence-corrected chi connectivity index (χ3v) is 3.50. The van der Waals surface area contributed by atoms with Gasteiger partial charge in [0.05, 0.1) is 0 Å². The third-order valence-electron chi connectivity index (χ3n) is 3.50. The highest BCUT2D eigenvalue weighted by atomic mass is 14.3. The first-order valence-electron chi connectivity index (χ1n) is 6.55. The molecule has 17 heavy (non-hydrogen) atoms. The summed E-state index contributed by atoms with van der Waals surface area (Å²) < 4.78 is 0. The van der Waals surface area contributed by atoms with Crippen LogP contribution in [0.5, 0.6) is 0 Å². The van der Waals surface area contributed by atoms with Crippen molar-refractivity contribution in [2.24, 2.45) is 0 Å². The van der Waals surface area contributed by atoms with E-state index in [1.165, 1.54) is 21.6 Å². The fourth-order valence-electron chi connectivity index (χ4n) is 2.77. The van der Waals surface area contributed by atoms with Crippen LogP contribution in [0.25, 0.3) is 12.2 Å². The molecule has 0 bridgehead atoms. The average molecular weight is 228 g/mol. The molecule has 0 nitrogen and oxygen atoms in total. The van der Waals surface area contributed by atoms with Crippen LogP contribution in [0, 0.1) is 0 Å². The zero-order valence-electron chi connectivity index (χ0n) is 12.0. The van der Waals surface area contributed by atoms with Crippen LogP contribution >= 0.6 is 0 Å². The first-order valence-corrected chi connectivity index (χ1v) is 6.55. The Balaban J connectivity index is 2.86. The van der Waals surface area contributed by atoms with Gasteiger partial charge in [-0.05, 0) is 38.8 Å². The van der Waals surface area contributed by atoms with E-state index in [4.69, 9.17) is 0 Å². The van der Waals surface area contributed by atoms with Crippen LogP contribution in [-0.2, 0) is 10.8 Å².